The van der Waals surface area contributed by atoms with Gasteiger partial charge in [0.25, 0.3) is 0 Å². The fraction of sp³-hybridized carbons (Fsp3) is 0.0500. The number of methoxy groups -OCH3 is 1. The first kappa shape index (κ1) is 14.1. The van der Waals surface area contributed by atoms with Crippen LogP contribution in [0, 0.1) is 0 Å². The highest BCUT2D eigenvalue weighted by Gasteiger charge is 2.06. The summed E-state index contributed by atoms with van der Waals surface area (Å²) in [6.07, 6.45) is 0. The quantitative estimate of drug-likeness (QED) is 0.714. The molecule has 0 radical (unpaired) electrons. The van der Waals surface area contributed by atoms with E-state index < -0.39 is 0 Å². The maximum absolute atomic E-state index is 12.4. The van der Waals surface area contributed by atoms with E-state index >= 15 is 0 Å². The minimum Gasteiger partial charge on any atom is -0.493 e. The topological polar surface area (TPSA) is 26.3 Å². The Labute approximate surface area is 129 Å². The van der Waals surface area contributed by atoms with E-state index in [-0.39, 0.29) is 5.43 Å². The summed E-state index contributed by atoms with van der Waals surface area (Å²) in [6.45, 7) is 0. The van der Waals surface area contributed by atoms with E-state index in [9.17, 15) is 4.79 Å². The van der Waals surface area contributed by atoms with Gasteiger partial charge in [0.05, 0.1) is 7.11 Å². The molecule has 22 heavy (non-hydrogen) atoms. The number of benzene rings is 2. The van der Waals surface area contributed by atoms with Crippen LogP contribution in [0.3, 0.4) is 0 Å². The molecule has 0 unspecified atom stereocenters. The number of ether oxygens (including phenoxy) is 1. The number of hydrogen-bond donors (Lipinski definition) is 0. The zero-order valence-corrected chi connectivity index (χ0v) is 12.3. The van der Waals surface area contributed by atoms with E-state index in [4.69, 9.17) is 4.74 Å². The monoisotopic (exact) mass is 288 g/mol. The van der Waals surface area contributed by atoms with Crippen molar-refractivity contribution in [2.45, 2.75) is 0 Å². The third-order valence-electron chi connectivity index (χ3n) is 3.61. The van der Waals surface area contributed by atoms with Crippen molar-refractivity contribution in [2.24, 2.45) is 0 Å². The summed E-state index contributed by atoms with van der Waals surface area (Å²) in [5.41, 5.74) is 3.72. The number of rotatable bonds is 3. The third kappa shape index (κ3) is 2.77. The molecular weight excluding hydrogens is 272 g/mol. The molecule has 0 fully saturated rings. The van der Waals surface area contributed by atoms with Crippen LogP contribution in [0.5, 0.6) is 5.75 Å². The van der Waals surface area contributed by atoms with Crippen molar-refractivity contribution in [3.8, 4) is 28.0 Å². The molecule has 0 aliphatic carbocycles. The Balaban J connectivity index is 2.05. The number of hydrogen-bond acceptors (Lipinski definition) is 2. The normalized spacial score (nSPS) is 10.2. The highest BCUT2D eigenvalue weighted by Crippen LogP contribution is 2.23. The van der Waals surface area contributed by atoms with Crippen LogP contribution < -0.4 is 10.2 Å². The van der Waals surface area contributed by atoms with Crippen LogP contribution in [0.1, 0.15) is 0 Å². The minimum atomic E-state index is -0.0973. The second-order valence-electron chi connectivity index (χ2n) is 4.97. The second kappa shape index (κ2) is 6.27. The van der Waals surface area contributed by atoms with Crippen molar-refractivity contribution >= 4 is 0 Å². The molecular formula is C20H16O2. The lowest BCUT2D eigenvalue weighted by molar-refractivity contribution is 0.411. The van der Waals surface area contributed by atoms with E-state index in [1.807, 2.05) is 60.7 Å². The van der Waals surface area contributed by atoms with Crippen molar-refractivity contribution < 1.29 is 4.74 Å². The molecule has 0 bridgehead atoms. The smallest absolute Gasteiger partial charge is 0.228 e. The predicted octanol–water partition coefficient (Wildman–Crippen LogP) is 4.39. The molecule has 0 N–H and O–H groups in total. The van der Waals surface area contributed by atoms with E-state index in [2.05, 4.69) is 12.1 Å². The van der Waals surface area contributed by atoms with Crippen molar-refractivity contribution in [1.29, 1.82) is 0 Å². The molecule has 3 aromatic carbocycles. The van der Waals surface area contributed by atoms with Crippen molar-refractivity contribution in [2.75, 3.05) is 7.11 Å². The lowest BCUT2D eigenvalue weighted by Gasteiger charge is -2.04. The zero-order valence-electron chi connectivity index (χ0n) is 12.3. The molecule has 0 aliphatic heterocycles. The van der Waals surface area contributed by atoms with Gasteiger partial charge < -0.3 is 4.74 Å². The van der Waals surface area contributed by atoms with Gasteiger partial charge in [0.15, 0.2) is 5.75 Å². The Bertz CT molecular complexity index is 822. The highest BCUT2D eigenvalue weighted by molar-refractivity contribution is 5.70. The van der Waals surface area contributed by atoms with Gasteiger partial charge in [-0.2, -0.15) is 0 Å². The van der Waals surface area contributed by atoms with Crippen LogP contribution in [0.25, 0.3) is 22.3 Å². The Morgan fingerprint density at radius 1 is 0.636 bits per heavy atom. The molecule has 0 amide bonds. The Hall–Kier alpha value is -2.87. The van der Waals surface area contributed by atoms with Crippen LogP contribution in [0.2, 0.25) is 0 Å². The fourth-order valence-electron chi connectivity index (χ4n) is 2.44. The van der Waals surface area contributed by atoms with Gasteiger partial charge in [0, 0.05) is 5.56 Å². The molecule has 0 spiro atoms. The SMILES string of the molecule is COc1ccccc(-c2ccc(-c3ccccc3)cc2)c1=O. The summed E-state index contributed by atoms with van der Waals surface area (Å²) in [4.78, 5) is 12.4. The van der Waals surface area contributed by atoms with Gasteiger partial charge in [-0.15, -0.1) is 0 Å². The molecule has 0 saturated carbocycles. The molecule has 0 aliphatic rings. The molecule has 0 saturated heterocycles. The standard InChI is InChI=1S/C20H16O2/c1-22-19-10-6-5-9-18(20(19)21)17-13-11-16(12-14-17)15-7-3-2-4-8-15/h2-14H,1H3. The van der Waals surface area contributed by atoms with Gasteiger partial charge in [-0.25, -0.2) is 0 Å². The van der Waals surface area contributed by atoms with Crippen molar-refractivity contribution in [3.63, 3.8) is 0 Å². The average molecular weight is 288 g/mol. The predicted molar refractivity (Wildman–Crippen MR) is 90.1 cm³/mol. The minimum absolute atomic E-state index is 0.0973. The molecule has 3 aromatic rings. The van der Waals surface area contributed by atoms with Gasteiger partial charge >= 0.3 is 0 Å². The summed E-state index contributed by atoms with van der Waals surface area (Å²) in [6, 6.07) is 25.3. The fourth-order valence-corrected chi connectivity index (χ4v) is 2.44. The average Bonchev–Trinajstić information content (AvgIpc) is 2.77. The maximum Gasteiger partial charge on any atom is 0.228 e. The van der Waals surface area contributed by atoms with Crippen LogP contribution >= 0.6 is 0 Å². The zero-order chi connectivity index (χ0) is 15.4. The molecule has 2 heteroatoms. The second-order valence-corrected chi connectivity index (χ2v) is 4.97. The Morgan fingerprint density at radius 2 is 1.18 bits per heavy atom. The van der Waals surface area contributed by atoms with Gasteiger partial charge in [0.2, 0.25) is 5.43 Å². The summed E-state index contributed by atoms with van der Waals surface area (Å²) in [7, 11) is 1.51. The van der Waals surface area contributed by atoms with Gasteiger partial charge in [-0.05, 0) is 22.8 Å². The van der Waals surface area contributed by atoms with Crippen LogP contribution in [-0.2, 0) is 0 Å². The third-order valence-corrected chi connectivity index (χ3v) is 3.61. The first-order chi connectivity index (χ1) is 10.8. The van der Waals surface area contributed by atoms with Gasteiger partial charge in [0.1, 0.15) is 0 Å². The molecule has 0 atom stereocenters. The lowest BCUT2D eigenvalue weighted by atomic mass is 10.0. The first-order valence-corrected chi connectivity index (χ1v) is 7.13. The summed E-state index contributed by atoms with van der Waals surface area (Å²) >= 11 is 0. The molecule has 0 aromatic heterocycles. The summed E-state index contributed by atoms with van der Waals surface area (Å²) in [5, 5.41) is 0. The highest BCUT2D eigenvalue weighted by atomic mass is 16.5. The van der Waals surface area contributed by atoms with E-state index in [1.54, 1.807) is 6.07 Å². The van der Waals surface area contributed by atoms with E-state index in [1.165, 1.54) is 7.11 Å². The molecule has 2 nitrogen and oxygen atoms in total. The molecule has 3 rings (SSSR count). The largest absolute Gasteiger partial charge is 0.493 e. The molecule has 0 heterocycles. The maximum atomic E-state index is 12.4. The lowest BCUT2D eigenvalue weighted by Crippen LogP contribution is -2.04. The van der Waals surface area contributed by atoms with Crippen LogP contribution in [-0.4, -0.2) is 7.11 Å². The van der Waals surface area contributed by atoms with Gasteiger partial charge in [-0.1, -0.05) is 72.8 Å². The van der Waals surface area contributed by atoms with E-state index in [0.29, 0.717) is 11.3 Å². The Kier molecular flexibility index (Phi) is 4.01. The first-order valence-electron chi connectivity index (χ1n) is 7.13. The summed E-state index contributed by atoms with van der Waals surface area (Å²) in [5.74, 6) is 0.354. The van der Waals surface area contributed by atoms with Crippen molar-refractivity contribution in [1.82, 2.24) is 0 Å². The van der Waals surface area contributed by atoms with Crippen LogP contribution in [0.15, 0.2) is 83.7 Å². The Morgan fingerprint density at radius 3 is 1.86 bits per heavy atom. The summed E-state index contributed by atoms with van der Waals surface area (Å²) < 4.78 is 5.15. The molecule has 108 valence electrons. The van der Waals surface area contributed by atoms with Gasteiger partial charge in [-0.3, -0.25) is 4.79 Å². The van der Waals surface area contributed by atoms with E-state index in [0.717, 1.165) is 16.7 Å². The van der Waals surface area contributed by atoms with Crippen LogP contribution in [0.4, 0.5) is 0 Å². The van der Waals surface area contributed by atoms with Crippen molar-refractivity contribution in [3.05, 3.63) is 89.1 Å².